The van der Waals surface area contributed by atoms with Crippen LogP contribution in [0.15, 0.2) is 48.9 Å². The summed E-state index contributed by atoms with van der Waals surface area (Å²) >= 11 is 0. The first-order chi connectivity index (χ1) is 16.0. The van der Waals surface area contributed by atoms with E-state index in [4.69, 9.17) is 4.74 Å². The molecule has 0 spiro atoms. The van der Waals surface area contributed by atoms with E-state index in [0.29, 0.717) is 42.8 Å². The van der Waals surface area contributed by atoms with Crippen molar-refractivity contribution >= 4 is 17.7 Å². The molecule has 1 amide bonds. The molecule has 0 atom stereocenters. The van der Waals surface area contributed by atoms with Crippen molar-refractivity contribution in [3.05, 3.63) is 65.9 Å². The highest BCUT2D eigenvalue weighted by molar-refractivity contribution is 5.92. The number of hydrogen-bond acceptors (Lipinski definition) is 7. The molecule has 5 rings (SSSR count). The summed E-state index contributed by atoms with van der Waals surface area (Å²) in [5.74, 6) is 2.30. The van der Waals surface area contributed by atoms with Gasteiger partial charge in [0, 0.05) is 45.1 Å². The van der Waals surface area contributed by atoms with Crippen LogP contribution in [0.1, 0.15) is 21.7 Å². The number of nitrogens with zero attached hydrogens (tertiary/aromatic N) is 7. The fourth-order valence-electron chi connectivity index (χ4n) is 3.86. The van der Waals surface area contributed by atoms with E-state index < -0.39 is 0 Å². The highest BCUT2D eigenvalue weighted by Gasteiger charge is 2.28. The van der Waals surface area contributed by atoms with Crippen LogP contribution in [0.4, 0.5) is 11.8 Å². The molecule has 4 aromatic rings. The molecule has 10 heteroatoms. The summed E-state index contributed by atoms with van der Waals surface area (Å²) in [6.45, 7) is 3.71. The predicted molar refractivity (Wildman–Crippen MR) is 122 cm³/mol. The van der Waals surface area contributed by atoms with Gasteiger partial charge in [-0.15, -0.1) is 0 Å². The summed E-state index contributed by atoms with van der Waals surface area (Å²) in [6, 6.07) is 9.59. The number of aryl methyl sites for hydroxylation is 2. The van der Waals surface area contributed by atoms with Crippen molar-refractivity contribution in [2.24, 2.45) is 7.05 Å². The van der Waals surface area contributed by atoms with Gasteiger partial charge in [-0.25, -0.2) is 15.0 Å². The average molecular weight is 444 g/mol. The minimum atomic E-state index is -0.102. The minimum Gasteiger partial charge on any atom is -0.497 e. The summed E-state index contributed by atoms with van der Waals surface area (Å²) in [7, 11) is 3.47. The van der Waals surface area contributed by atoms with Gasteiger partial charge in [0.25, 0.3) is 5.91 Å². The molecule has 4 heterocycles. The lowest BCUT2D eigenvalue weighted by Crippen LogP contribution is -2.39. The molecular formula is C23H24N8O2. The van der Waals surface area contributed by atoms with Crippen molar-refractivity contribution in [3.63, 3.8) is 0 Å². The maximum atomic E-state index is 13.2. The molecule has 33 heavy (non-hydrogen) atoms. The van der Waals surface area contributed by atoms with Gasteiger partial charge in [0.1, 0.15) is 17.3 Å². The monoisotopic (exact) mass is 444 g/mol. The van der Waals surface area contributed by atoms with Gasteiger partial charge >= 0.3 is 0 Å². The molecule has 10 nitrogen and oxygen atoms in total. The normalized spacial score (nSPS) is 13.2. The lowest BCUT2D eigenvalue weighted by Gasteiger charge is -2.27. The smallest absolute Gasteiger partial charge is 0.290 e. The number of methoxy groups -OCH3 is 1. The fraction of sp³-hybridized carbons (Fsp3) is 0.261. The number of aromatic nitrogens is 6. The van der Waals surface area contributed by atoms with Crippen LogP contribution in [-0.2, 0) is 20.1 Å². The molecule has 0 saturated carbocycles. The molecule has 0 radical (unpaired) electrons. The second-order valence-corrected chi connectivity index (χ2v) is 7.91. The molecule has 168 valence electrons. The minimum absolute atomic E-state index is 0.102. The first-order valence-electron chi connectivity index (χ1n) is 10.6. The molecule has 1 aliphatic rings. The molecule has 0 aliphatic carbocycles. The van der Waals surface area contributed by atoms with Crippen LogP contribution in [0.3, 0.4) is 0 Å². The number of nitrogens with one attached hydrogen (secondary N) is 1. The second kappa shape index (κ2) is 8.38. The standard InChI is InChI=1S/C23H24N8O2/c1-15-12-24-23(27-19-7-8-25-29(19)2)28-20(15)18-14-30-9-10-31(22(32)21(30)26-18)13-16-5-4-6-17(11-16)33-3/h4-8,11-12,14H,9-10,13H2,1-3H3,(H,24,27,28). The Bertz CT molecular complexity index is 1330. The van der Waals surface area contributed by atoms with Crippen molar-refractivity contribution in [2.45, 2.75) is 20.0 Å². The molecule has 1 aromatic carbocycles. The van der Waals surface area contributed by atoms with Gasteiger partial charge in [0.2, 0.25) is 5.95 Å². The third kappa shape index (κ3) is 4.02. The van der Waals surface area contributed by atoms with Crippen molar-refractivity contribution in [1.29, 1.82) is 0 Å². The predicted octanol–water partition coefficient (Wildman–Crippen LogP) is 2.79. The van der Waals surface area contributed by atoms with E-state index in [-0.39, 0.29) is 5.91 Å². The van der Waals surface area contributed by atoms with E-state index >= 15 is 0 Å². The van der Waals surface area contributed by atoms with Crippen LogP contribution in [0.25, 0.3) is 11.4 Å². The van der Waals surface area contributed by atoms with Crippen molar-refractivity contribution in [3.8, 4) is 17.1 Å². The van der Waals surface area contributed by atoms with Gasteiger partial charge in [-0.1, -0.05) is 12.1 Å². The van der Waals surface area contributed by atoms with Crippen LogP contribution >= 0.6 is 0 Å². The molecular weight excluding hydrogens is 420 g/mol. The molecule has 0 bridgehead atoms. The Morgan fingerprint density at radius 3 is 2.85 bits per heavy atom. The summed E-state index contributed by atoms with van der Waals surface area (Å²) in [6.07, 6.45) is 5.33. The number of hydrogen-bond donors (Lipinski definition) is 1. The number of carbonyl (C=O) groups excluding carboxylic acids is 1. The number of rotatable bonds is 6. The van der Waals surface area contributed by atoms with E-state index in [2.05, 4.69) is 25.4 Å². The van der Waals surface area contributed by atoms with Gasteiger partial charge in [0.05, 0.1) is 19.0 Å². The van der Waals surface area contributed by atoms with Gasteiger partial charge in [-0.2, -0.15) is 5.10 Å². The fourth-order valence-corrected chi connectivity index (χ4v) is 3.86. The van der Waals surface area contributed by atoms with E-state index in [1.807, 2.05) is 60.0 Å². The SMILES string of the molecule is COc1cccc(CN2CCn3cc(-c4nc(Nc5ccnn5C)ncc4C)nc3C2=O)c1. The Labute approximate surface area is 190 Å². The number of carbonyl (C=O) groups is 1. The second-order valence-electron chi connectivity index (χ2n) is 7.91. The summed E-state index contributed by atoms with van der Waals surface area (Å²) in [4.78, 5) is 28.7. The zero-order valence-electron chi connectivity index (χ0n) is 18.7. The molecule has 0 saturated heterocycles. The Hall–Kier alpha value is -4.21. The summed E-state index contributed by atoms with van der Waals surface area (Å²) in [5, 5.41) is 7.31. The Morgan fingerprint density at radius 2 is 2.06 bits per heavy atom. The molecule has 0 fully saturated rings. The highest BCUT2D eigenvalue weighted by Crippen LogP contribution is 2.25. The topological polar surface area (TPSA) is 103 Å². The number of imidazole rings is 1. The highest BCUT2D eigenvalue weighted by atomic mass is 16.5. The summed E-state index contributed by atoms with van der Waals surface area (Å²) < 4.78 is 8.90. The zero-order chi connectivity index (χ0) is 22.9. The van der Waals surface area contributed by atoms with E-state index in [0.717, 1.165) is 22.7 Å². The van der Waals surface area contributed by atoms with Crippen molar-refractivity contribution in [2.75, 3.05) is 19.0 Å². The third-order valence-corrected chi connectivity index (χ3v) is 5.65. The van der Waals surface area contributed by atoms with Crippen LogP contribution in [0, 0.1) is 6.92 Å². The largest absolute Gasteiger partial charge is 0.497 e. The third-order valence-electron chi connectivity index (χ3n) is 5.65. The van der Waals surface area contributed by atoms with Crippen LogP contribution in [-0.4, -0.2) is 53.8 Å². The quantitative estimate of drug-likeness (QED) is 0.488. The maximum Gasteiger partial charge on any atom is 0.290 e. The maximum absolute atomic E-state index is 13.2. The Balaban J connectivity index is 1.40. The lowest BCUT2D eigenvalue weighted by molar-refractivity contribution is 0.0683. The van der Waals surface area contributed by atoms with Gasteiger partial charge in [0.15, 0.2) is 5.82 Å². The molecule has 1 aliphatic heterocycles. The Morgan fingerprint density at radius 1 is 1.18 bits per heavy atom. The van der Waals surface area contributed by atoms with Crippen LogP contribution in [0.5, 0.6) is 5.75 Å². The first-order valence-corrected chi connectivity index (χ1v) is 10.6. The Kier molecular flexibility index (Phi) is 5.25. The number of anilines is 2. The zero-order valence-corrected chi connectivity index (χ0v) is 18.7. The average Bonchev–Trinajstić information content (AvgIpc) is 3.44. The van der Waals surface area contributed by atoms with Gasteiger partial charge < -0.3 is 19.5 Å². The molecule has 1 N–H and O–H groups in total. The molecule has 3 aromatic heterocycles. The van der Waals surface area contributed by atoms with E-state index in [9.17, 15) is 4.79 Å². The van der Waals surface area contributed by atoms with Crippen LogP contribution < -0.4 is 10.1 Å². The number of amides is 1. The summed E-state index contributed by atoms with van der Waals surface area (Å²) in [5.41, 5.74) is 3.22. The first kappa shape index (κ1) is 20.7. The van der Waals surface area contributed by atoms with Gasteiger partial charge in [-0.05, 0) is 30.2 Å². The number of ether oxygens (including phenoxy) is 1. The van der Waals surface area contributed by atoms with Crippen molar-refractivity contribution < 1.29 is 9.53 Å². The van der Waals surface area contributed by atoms with Gasteiger partial charge in [-0.3, -0.25) is 9.48 Å². The van der Waals surface area contributed by atoms with Crippen molar-refractivity contribution in [1.82, 2.24) is 34.2 Å². The lowest BCUT2D eigenvalue weighted by atomic mass is 10.2. The molecule has 0 unspecified atom stereocenters. The van der Waals surface area contributed by atoms with E-state index in [1.165, 1.54) is 0 Å². The van der Waals surface area contributed by atoms with Crippen LogP contribution in [0.2, 0.25) is 0 Å². The van der Waals surface area contributed by atoms with E-state index in [1.54, 1.807) is 24.2 Å². The number of benzene rings is 1. The number of fused-ring (bicyclic) bond motifs is 1.